The van der Waals surface area contributed by atoms with Crippen molar-refractivity contribution in [2.45, 2.75) is 6.92 Å². The van der Waals surface area contributed by atoms with Crippen molar-refractivity contribution in [3.63, 3.8) is 0 Å². The molecule has 2 rings (SSSR count). The van der Waals surface area contributed by atoms with E-state index in [-0.39, 0.29) is 17.2 Å². The Kier molecular flexibility index (Phi) is 5.57. The van der Waals surface area contributed by atoms with Crippen molar-refractivity contribution >= 4 is 5.91 Å². The maximum atomic E-state index is 13.7. The van der Waals surface area contributed by atoms with Gasteiger partial charge in [0.1, 0.15) is 12.4 Å². The minimum Gasteiger partial charge on any atom is -0.494 e. The van der Waals surface area contributed by atoms with E-state index in [1.807, 2.05) is 31.2 Å². The molecule has 0 spiro atoms. The molecule has 0 unspecified atom stereocenters. The summed E-state index contributed by atoms with van der Waals surface area (Å²) in [5.74, 6) is 0.0961. The third-order valence-corrected chi connectivity index (χ3v) is 3.52. The van der Waals surface area contributed by atoms with Gasteiger partial charge in [-0.2, -0.15) is 0 Å². The number of aryl methyl sites for hydroxylation is 1. The molecular weight excluding hydrogens is 297 g/mol. The lowest BCUT2D eigenvalue weighted by molar-refractivity contribution is 0.0773. The number of hydrogen-bond donors (Lipinski definition) is 0. The number of rotatable bonds is 6. The second-order valence-corrected chi connectivity index (χ2v) is 5.19. The van der Waals surface area contributed by atoms with Gasteiger partial charge in [0.25, 0.3) is 5.91 Å². The van der Waals surface area contributed by atoms with Crippen LogP contribution in [-0.4, -0.2) is 38.1 Å². The molecule has 2 aromatic rings. The smallest absolute Gasteiger partial charge is 0.253 e. The fraction of sp³-hybridized carbons (Fsp3) is 0.278. The third kappa shape index (κ3) is 4.22. The number of ether oxygens (including phenoxy) is 2. The molecule has 0 aliphatic heterocycles. The first-order valence-electron chi connectivity index (χ1n) is 7.30. The monoisotopic (exact) mass is 317 g/mol. The fourth-order valence-electron chi connectivity index (χ4n) is 2.13. The van der Waals surface area contributed by atoms with Crippen molar-refractivity contribution in [1.29, 1.82) is 0 Å². The molecule has 0 aromatic heterocycles. The van der Waals surface area contributed by atoms with Gasteiger partial charge < -0.3 is 14.4 Å². The SMILES string of the molecule is COc1ccc(C(=O)N(C)CCOc2ccccc2C)cc1F. The molecule has 0 fully saturated rings. The number of hydrogen-bond acceptors (Lipinski definition) is 3. The van der Waals surface area contributed by atoms with Crippen LogP contribution in [0.3, 0.4) is 0 Å². The van der Waals surface area contributed by atoms with Gasteiger partial charge in [-0.05, 0) is 36.8 Å². The minimum atomic E-state index is -0.553. The highest BCUT2D eigenvalue weighted by molar-refractivity contribution is 5.94. The van der Waals surface area contributed by atoms with E-state index in [2.05, 4.69) is 0 Å². The Morgan fingerprint density at radius 2 is 1.91 bits per heavy atom. The highest BCUT2D eigenvalue weighted by Gasteiger charge is 2.14. The van der Waals surface area contributed by atoms with Crippen LogP contribution in [0.1, 0.15) is 15.9 Å². The van der Waals surface area contributed by atoms with E-state index in [1.54, 1.807) is 13.1 Å². The molecule has 0 saturated carbocycles. The van der Waals surface area contributed by atoms with Crippen LogP contribution in [0.25, 0.3) is 0 Å². The zero-order chi connectivity index (χ0) is 16.8. The zero-order valence-electron chi connectivity index (χ0n) is 13.5. The van der Waals surface area contributed by atoms with Crippen molar-refractivity contribution in [2.24, 2.45) is 0 Å². The molecule has 4 nitrogen and oxygen atoms in total. The summed E-state index contributed by atoms with van der Waals surface area (Å²) in [6, 6.07) is 11.9. The summed E-state index contributed by atoms with van der Waals surface area (Å²) in [6.45, 7) is 2.73. The summed E-state index contributed by atoms with van der Waals surface area (Å²) in [5, 5.41) is 0. The van der Waals surface area contributed by atoms with E-state index in [0.717, 1.165) is 11.3 Å². The van der Waals surface area contributed by atoms with Gasteiger partial charge in [0.05, 0.1) is 13.7 Å². The van der Waals surface area contributed by atoms with Crippen molar-refractivity contribution < 1.29 is 18.7 Å². The zero-order valence-corrected chi connectivity index (χ0v) is 13.5. The van der Waals surface area contributed by atoms with Gasteiger partial charge in [0.15, 0.2) is 11.6 Å². The second kappa shape index (κ2) is 7.63. The molecule has 0 aliphatic carbocycles. The van der Waals surface area contributed by atoms with Crippen LogP contribution in [0.2, 0.25) is 0 Å². The largest absolute Gasteiger partial charge is 0.494 e. The summed E-state index contributed by atoms with van der Waals surface area (Å²) in [5.41, 5.74) is 1.32. The van der Waals surface area contributed by atoms with Crippen molar-refractivity contribution in [3.05, 3.63) is 59.4 Å². The second-order valence-electron chi connectivity index (χ2n) is 5.19. The van der Waals surface area contributed by atoms with Gasteiger partial charge >= 0.3 is 0 Å². The van der Waals surface area contributed by atoms with Crippen LogP contribution in [0.15, 0.2) is 42.5 Å². The Morgan fingerprint density at radius 1 is 1.17 bits per heavy atom. The van der Waals surface area contributed by atoms with Crippen molar-refractivity contribution in [2.75, 3.05) is 27.3 Å². The molecule has 0 radical (unpaired) electrons. The highest BCUT2D eigenvalue weighted by Crippen LogP contribution is 2.19. The molecule has 0 atom stereocenters. The molecule has 0 bridgehead atoms. The Balaban J connectivity index is 1.92. The fourth-order valence-corrected chi connectivity index (χ4v) is 2.13. The molecule has 1 amide bonds. The highest BCUT2D eigenvalue weighted by atomic mass is 19.1. The Hall–Kier alpha value is -2.56. The molecule has 0 heterocycles. The van der Waals surface area contributed by atoms with E-state index in [1.165, 1.54) is 24.1 Å². The first-order valence-corrected chi connectivity index (χ1v) is 7.30. The van der Waals surface area contributed by atoms with Gasteiger partial charge in [-0.3, -0.25) is 4.79 Å². The van der Waals surface area contributed by atoms with Crippen molar-refractivity contribution in [3.8, 4) is 11.5 Å². The maximum Gasteiger partial charge on any atom is 0.253 e. The number of nitrogens with zero attached hydrogens (tertiary/aromatic N) is 1. The van der Waals surface area contributed by atoms with Crippen LogP contribution in [0.4, 0.5) is 4.39 Å². The van der Waals surface area contributed by atoms with E-state index in [9.17, 15) is 9.18 Å². The summed E-state index contributed by atoms with van der Waals surface area (Å²) in [7, 11) is 3.04. The number of benzene rings is 2. The van der Waals surface area contributed by atoms with Crippen LogP contribution in [0.5, 0.6) is 11.5 Å². The van der Waals surface area contributed by atoms with Crippen LogP contribution >= 0.6 is 0 Å². The Morgan fingerprint density at radius 3 is 2.57 bits per heavy atom. The maximum absolute atomic E-state index is 13.7. The molecular formula is C18H20FNO3. The predicted molar refractivity (Wildman–Crippen MR) is 86.6 cm³/mol. The number of carbonyl (C=O) groups is 1. The van der Waals surface area contributed by atoms with Crippen LogP contribution < -0.4 is 9.47 Å². The van der Waals surface area contributed by atoms with E-state index >= 15 is 0 Å². The molecule has 5 heteroatoms. The molecule has 0 N–H and O–H groups in total. The molecule has 122 valence electrons. The summed E-state index contributed by atoms with van der Waals surface area (Å²) in [6.07, 6.45) is 0. The third-order valence-electron chi connectivity index (χ3n) is 3.52. The average molecular weight is 317 g/mol. The number of amides is 1. The average Bonchev–Trinajstić information content (AvgIpc) is 2.55. The van der Waals surface area contributed by atoms with Gasteiger partial charge in [-0.25, -0.2) is 4.39 Å². The summed E-state index contributed by atoms with van der Waals surface area (Å²) < 4.78 is 24.2. The lowest BCUT2D eigenvalue weighted by atomic mass is 10.2. The number of halogens is 1. The lowest BCUT2D eigenvalue weighted by Crippen LogP contribution is -2.31. The number of likely N-dealkylation sites (N-methyl/N-ethyl adjacent to an activating group) is 1. The van der Waals surface area contributed by atoms with E-state index < -0.39 is 5.82 Å². The minimum absolute atomic E-state index is 0.118. The lowest BCUT2D eigenvalue weighted by Gasteiger charge is -2.18. The molecule has 23 heavy (non-hydrogen) atoms. The summed E-state index contributed by atoms with van der Waals surface area (Å²) >= 11 is 0. The Bertz CT molecular complexity index is 688. The van der Waals surface area contributed by atoms with Crippen LogP contribution in [0, 0.1) is 12.7 Å². The predicted octanol–water partition coefficient (Wildman–Crippen LogP) is 3.29. The first kappa shape index (κ1) is 16.8. The Labute approximate surface area is 135 Å². The number of para-hydroxylation sites is 1. The number of carbonyl (C=O) groups excluding carboxylic acids is 1. The normalized spacial score (nSPS) is 10.3. The van der Waals surface area contributed by atoms with E-state index in [4.69, 9.17) is 9.47 Å². The van der Waals surface area contributed by atoms with Gasteiger partial charge in [-0.1, -0.05) is 18.2 Å². The van der Waals surface area contributed by atoms with Crippen molar-refractivity contribution in [1.82, 2.24) is 4.90 Å². The molecule has 0 saturated heterocycles. The topological polar surface area (TPSA) is 38.8 Å². The molecule has 0 aliphatic rings. The quantitative estimate of drug-likeness (QED) is 0.820. The van der Waals surface area contributed by atoms with Gasteiger partial charge in [0, 0.05) is 12.6 Å². The van der Waals surface area contributed by atoms with Gasteiger partial charge in [-0.15, -0.1) is 0 Å². The first-order chi connectivity index (χ1) is 11.0. The standard InChI is InChI=1S/C18H20FNO3/c1-13-6-4-5-7-16(13)23-11-10-20(2)18(21)14-8-9-17(22-3)15(19)12-14/h4-9,12H,10-11H2,1-3H3. The molecule has 2 aromatic carbocycles. The van der Waals surface area contributed by atoms with Crippen LogP contribution in [-0.2, 0) is 0 Å². The van der Waals surface area contributed by atoms with Gasteiger partial charge in [0.2, 0.25) is 0 Å². The number of methoxy groups -OCH3 is 1. The summed E-state index contributed by atoms with van der Waals surface area (Å²) in [4.78, 5) is 13.8. The van der Waals surface area contributed by atoms with E-state index in [0.29, 0.717) is 13.2 Å².